The average molecular weight is 207 g/mol. The highest BCUT2D eigenvalue weighted by molar-refractivity contribution is 5.35. The van der Waals surface area contributed by atoms with E-state index < -0.39 is 0 Å². The van der Waals surface area contributed by atoms with Gasteiger partial charge >= 0.3 is 0 Å². The van der Waals surface area contributed by atoms with Gasteiger partial charge in [-0.2, -0.15) is 0 Å². The minimum Gasteiger partial charge on any atom is -0.477 e. The van der Waals surface area contributed by atoms with Crippen molar-refractivity contribution in [2.75, 3.05) is 6.61 Å². The number of pyridine rings is 1. The maximum absolute atomic E-state index is 9.21. The zero-order chi connectivity index (χ0) is 11.3. The van der Waals surface area contributed by atoms with E-state index in [-0.39, 0.29) is 6.61 Å². The summed E-state index contributed by atoms with van der Waals surface area (Å²) in [5.74, 6) is 0.539. The van der Waals surface area contributed by atoms with Gasteiger partial charge in [0.05, 0.1) is 13.2 Å². The Hall–Kier alpha value is -1.35. The van der Waals surface area contributed by atoms with Crippen molar-refractivity contribution < 1.29 is 9.84 Å². The molecule has 0 aromatic carbocycles. The van der Waals surface area contributed by atoms with Gasteiger partial charge in [0.2, 0.25) is 5.88 Å². The number of aliphatic hydroxyl groups is 1. The lowest BCUT2D eigenvalue weighted by Gasteiger charge is -2.11. The van der Waals surface area contributed by atoms with Crippen molar-refractivity contribution in [2.45, 2.75) is 26.9 Å². The van der Waals surface area contributed by atoms with Crippen LogP contribution in [0.3, 0.4) is 0 Å². The first kappa shape index (κ1) is 11.7. The Bertz CT molecular complexity index is 348. The van der Waals surface area contributed by atoms with Crippen LogP contribution in [0.25, 0.3) is 0 Å². The summed E-state index contributed by atoms with van der Waals surface area (Å²) in [6.07, 6.45) is 2.57. The predicted octanol–water partition coefficient (Wildman–Crippen LogP) is 2.15. The minimum atomic E-state index is -0.0392. The van der Waals surface area contributed by atoms with E-state index in [9.17, 15) is 5.11 Å². The first-order valence-corrected chi connectivity index (χ1v) is 5.00. The van der Waals surface area contributed by atoms with Gasteiger partial charge in [-0.3, -0.25) is 0 Å². The second-order valence-electron chi connectivity index (χ2n) is 3.45. The Labute approximate surface area is 90.4 Å². The molecule has 0 aliphatic carbocycles. The summed E-state index contributed by atoms with van der Waals surface area (Å²) in [6.45, 7) is 7.98. The van der Waals surface area contributed by atoms with Crippen LogP contribution in [0.2, 0.25) is 0 Å². The highest BCUT2D eigenvalue weighted by atomic mass is 16.5. The van der Waals surface area contributed by atoms with Crippen LogP contribution in [0, 0.1) is 13.8 Å². The van der Waals surface area contributed by atoms with Crippen LogP contribution >= 0.6 is 0 Å². The molecular weight excluding hydrogens is 190 g/mol. The average Bonchev–Trinajstić information content (AvgIpc) is 2.17. The van der Waals surface area contributed by atoms with Crippen molar-refractivity contribution >= 4 is 0 Å². The fraction of sp³-hybridized carbons (Fsp3) is 0.417. The molecule has 0 atom stereocenters. The molecule has 0 aliphatic heterocycles. The van der Waals surface area contributed by atoms with Gasteiger partial charge < -0.3 is 9.84 Å². The number of aromatic nitrogens is 1. The van der Waals surface area contributed by atoms with Crippen LogP contribution in [0.4, 0.5) is 0 Å². The van der Waals surface area contributed by atoms with E-state index >= 15 is 0 Å². The Morgan fingerprint density at radius 2 is 2.27 bits per heavy atom. The van der Waals surface area contributed by atoms with Gasteiger partial charge in [0.25, 0.3) is 0 Å². The molecule has 0 fully saturated rings. The summed E-state index contributed by atoms with van der Waals surface area (Å²) >= 11 is 0. The van der Waals surface area contributed by atoms with E-state index in [1.165, 1.54) is 0 Å². The fourth-order valence-corrected chi connectivity index (χ4v) is 1.38. The smallest absolute Gasteiger partial charge is 0.219 e. The van der Waals surface area contributed by atoms with Crippen LogP contribution in [0.1, 0.15) is 23.2 Å². The maximum atomic E-state index is 9.21. The highest BCUT2D eigenvalue weighted by Crippen LogP contribution is 2.20. The molecule has 82 valence electrons. The zero-order valence-electron chi connectivity index (χ0n) is 9.29. The molecule has 0 saturated carbocycles. The normalized spacial score (nSPS) is 10.1. The molecule has 0 spiro atoms. The first-order chi connectivity index (χ1) is 7.19. The lowest BCUT2D eigenvalue weighted by Crippen LogP contribution is -2.04. The molecule has 3 nitrogen and oxygen atoms in total. The summed E-state index contributed by atoms with van der Waals surface area (Å²) < 4.78 is 5.49. The minimum absolute atomic E-state index is 0.0392. The molecule has 1 rings (SSSR count). The number of aryl methyl sites for hydroxylation is 2. The lowest BCUT2D eigenvalue weighted by atomic mass is 10.1. The molecular formula is C12H17NO2. The van der Waals surface area contributed by atoms with Crippen molar-refractivity contribution in [3.8, 4) is 5.88 Å². The van der Waals surface area contributed by atoms with E-state index in [0.29, 0.717) is 12.5 Å². The van der Waals surface area contributed by atoms with Gasteiger partial charge in [-0.15, -0.1) is 6.58 Å². The van der Waals surface area contributed by atoms with Gasteiger partial charge in [-0.1, -0.05) is 6.08 Å². The Kier molecular flexibility index (Phi) is 4.31. The van der Waals surface area contributed by atoms with Crippen LogP contribution in [0.15, 0.2) is 18.7 Å². The monoisotopic (exact) mass is 207 g/mol. The number of hydrogen-bond donors (Lipinski definition) is 1. The van der Waals surface area contributed by atoms with Gasteiger partial charge in [-0.25, -0.2) is 4.98 Å². The summed E-state index contributed by atoms with van der Waals surface area (Å²) in [7, 11) is 0. The predicted molar refractivity (Wildman–Crippen MR) is 59.9 cm³/mol. The van der Waals surface area contributed by atoms with Gasteiger partial charge in [0, 0.05) is 11.3 Å². The van der Waals surface area contributed by atoms with E-state index in [1.54, 1.807) is 6.08 Å². The third-order valence-electron chi connectivity index (χ3n) is 2.16. The topological polar surface area (TPSA) is 42.4 Å². The van der Waals surface area contributed by atoms with Crippen molar-refractivity contribution in [2.24, 2.45) is 0 Å². The van der Waals surface area contributed by atoms with Crippen LogP contribution in [0.5, 0.6) is 5.88 Å². The van der Waals surface area contributed by atoms with E-state index in [1.807, 2.05) is 19.9 Å². The molecule has 0 saturated heterocycles. The molecule has 15 heavy (non-hydrogen) atoms. The maximum Gasteiger partial charge on any atom is 0.219 e. The molecule has 0 radical (unpaired) electrons. The molecule has 1 aromatic rings. The largest absolute Gasteiger partial charge is 0.477 e. The molecule has 1 heterocycles. The number of nitrogens with zero attached hydrogens (tertiary/aromatic N) is 1. The van der Waals surface area contributed by atoms with Crippen molar-refractivity contribution in [1.82, 2.24) is 4.98 Å². The number of hydrogen-bond acceptors (Lipinski definition) is 3. The van der Waals surface area contributed by atoms with Crippen LogP contribution in [-0.4, -0.2) is 16.7 Å². The molecule has 1 aromatic heterocycles. The number of ether oxygens (including phenoxy) is 1. The number of aliphatic hydroxyl groups excluding tert-OH is 1. The van der Waals surface area contributed by atoms with Crippen molar-refractivity contribution in [3.05, 3.63) is 35.5 Å². The van der Waals surface area contributed by atoms with E-state index in [4.69, 9.17) is 4.74 Å². The van der Waals surface area contributed by atoms with E-state index in [0.717, 1.165) is 23.2 Å². The highest BCUT2D eigenvalue weighted by Gasteiger charge is 2.08. The molecule has 1 N–H and O–H groups in total. The Morgan fingerprint density at radius 3 is 2.87 bits per heavy atom. The molecule has 0 bridgehead atoms. The zero-order valence-corrected chi connectivity index (χ0v) is 9.29. The fourth-order valence-electron chi connectivity index (χ4n) is 1.38. The standard InChI is InChI=1S/C12H17NO2/c1-4-5-6-15-12-11(8-14)9(2)7-10(3)13-12/h4,7,14H,1,5-6,8H2,2-3H3. The summed E-state index contributed by atoms with van der Waals surface area (Å²) in [5, 5.41) is 9.21. The van der Waals surface area contributed by atoms with Gasteiger partial charge in [0.15, 0.2) is 0 Å². The first-order valence-electron chi connectivity index (χ1n) is 5.00. The van der Waals surface area contributed by atoms with Crippen LogP contribution in [-0.2, 0) is 6.61 Å². The molecule has 0 amide bonds. The Morgan fingerprint density at radius 1 is 1.53 bits per heavy atom. The summed E-state index contributed by atoms with van der Waals surface area (Å²) in [4.78, 5) is 4.26. The lowest BCUT2D eigenvalue weighted by molar-refractivity contribution is 0.258. The third kappa shape index (κ3) is 3.06. The number of rotatable bonds is 5. The van der Waals surface area contributed by atoms with Gasteiger partial charge in [-0.05, 0) is 31.9 Å². The van der Waals surface area contributed by atoms with Crippen LogP contribution < -0.4 is 4.74 Å². The second kappa shape index (κ2) is 5.51. The quantitative estimate of drug-likeness (QED) is 0.594. The summed E-state index contributed by atoms with van der Waals surface area (Å²) in [6, 6.07) is 1.94. The molecule has 0 unspecified atom stereocenters. The second-order valence-corrected chi connectivity index (χ2v) is 3.45. The summed E-state index contributed by atoms with van der Waals surface area (Å²) in [5.41, 5.74) is 2.68. The van der Waals surface area contributed by atoms with E-state index in [2.05, 4.69) is 11.6 Å². The third-order valence-corrected chi connectivity index (χ3v) is 2.16. The van der Waals surface area contributed by atoms with Gasteiger partial charge in [0.1, 0.15) is 0 Å². The molecule has 0 aliphatic rings. The molecule has 3 heteroatoms. The van der Waals surface area contributed by atoms with Crippen molar-refractivity contribution in [1.29, 1.82) is 0 Å². The van der Waals surface area contributed by atoms with Crippen molar-refractivity contribution in [3.63, 3.8) is 0 Å². The SMILES string of the molecule is C=CCCOc1nc(C)cc(C)c1CO. The Balaban J connectivity index is 2.88.